The van der Waals surface area contributed by atoms with Crippen LogP contribution in [0.1, 0.15) is 56.6 Å². The van der Waals surface area contributed by atoms with Crippen molar-refractivity contribution >= 4 is 11.9 Å². The zero-order chi connectivity index (χ0) is 25.2. The smallest absolute Gasteiger partial charge is 0.339 e. The maximum atomic E-state index is 13.9. The van der Waals surface area contributed by atoms with Crippen molar-refractivity contribution in [2.45, 2.75) is 75.2 Å². The molecule has 0 radical (unpaired) electrons. The molecule has 1 aromatic rings. The van der Waals surface area contributed by atoms with Crippen molar-refractivity contribution in [1.82, 2.24) is 4.90 Å². The number of benzene rings is 1. The van der Waals surface area contributed by atoms with Crippen LogP contribution in [0.4, 0.5) is 0 Å². The average molecular weight is 500 g/mol. The molecule has 2 fully saturated rings. The predicted octanol–water partition coefficient (Wildman–Crippen LogP) is 2.85. The summed E-state index contributed by atoms with van der Waals surface area (Å²) in [5, 5.41) is 0. The first kappa shape index (κ1) is 23.6. The quantitative estimate of drug-likeness (QED) is 0.567. The molecule has 4 heterocycles. The van der Waals surface area contributed by atoms with Crippen LogP contribution in [0.3, 0.4) is 0 Å². The molecule has 0 N–H and O–H groups in total. The second kappa shape index (κ2) is 8.38. The van der Waals surface area contributed by atoms with E-state index in [0.717, 1.165) is 37.2 Å². The van der Waals surface area contributed by atoms with Gasteiger partial charge in [0, 0.05) is 25.0 Å². The summed E-state index contributed by atoms with van der Waals surface area (Å²) in [4.78, 5) is 28.7. The second-order valence-corrected chi connectivity index (χ2v) is 10.9. The van der Waals surface area contributed by atoms with Crippen molar-refractivity contribution in [1.29, 1.82) is 0 Å². The SMILES string of the molecule is COC(=O)C[C@@]1(C(=O)OC2C(OC)=C3CCN4CCc5cc6c(cc5[C@H]2[C@H]34)OCO6)CCC(C)(C)O1. The molecule has 0 aromatic heterocycles. The molecule has 1 unspecified atom stereocenters. The Kier molecular flexibility index (Phi) is 5.50. The zero-order valence-electron chi connectivity index (χ0n) is 21.3. The Bertz CT molecular complexity index is 1140. The molecule has 2 saturated heterocycles. The minimum Gasteiger partial charge on any atom is -0.497 e. The number of ether oxygens (including phenoxy) is 6. The van der Waals surface area contributed by atoms with Crippen LogP contribution < -0.4 is 9.47 Å². The fourth-order valence-electron chi connectivity index (χ4n) is 6.75. The van der Waals surface area contributed by atoms with Crippen molar-refractivity contribution in [3.05, 3.63) is 34.6 Å². The van der Waals surface area contributed by atoms with Gasteiger partial charge in [0.05, 0.1) is 26.2 Å². The van der Waals surface area contributed by atoms with Crippen LogP contribution in [0.5, 0.6) is 11.5 Å². The van der Waals surface area contributed by atoms with Crippen LogP contribution in [-0.2, 0) is 35.0 Å². The molecule has 0 saturated carbocycles. The third-order valence-corrected chi connectivity index (χ3v) is 8.41. The van der Waals surface area contributed by atoms with Crippen LogP contribution >= 0.6 is 0 Å². The van der Waals surface area contributed by atoms with E-state index in [9.17, 15) is 9.59 Å². The first-order valence-corrected chi connectivity index (χ1v) is 12.7. The highest BCUT2D eigenvalue weighted by atomic mass is 16.7. The molecular weight excluding hydrogens is 466 g/mol. The molecule has 6 rings (SSSR count). The summed E-state index contributed by atoms with van der Waals surface area (Å²) in [6.45, 7) is 5.88. The molecule has 0 bridgehead atoms. The van der Waals surface area contributed by atoms with Crippen LogP contribution in [0.15, 0.2) is 23.5 Å². The van der Waals surface area contributed by atoms with Gasteiger partial charge < -0.3 is 28.4 Å². The third kappa shape index (κ3) is 3.58. The van der Waals surface area contributed by atoms with Gasteiger partial charge in [-0.15, -0.1) is 0 Å². The van der Waals surface area contributed by atoms with E-state index in [0.29, 0.717) is 24.4 Å². The lowest BCUT2D eigenvalue weighted by Crippen LogP contribution is -2.47. The Labute approximate surface area is 210 Å². The monoisotopic (exact) mass is 499 g/mol. The van der Waals surface area contributed by atoms with E-state index in [4.69, 9.17) is 28.4 Å². The maximum absolute atomic E-state index is 13.9. The highest BCUT2D eigenvalue weighted by Gasteiger charge is 2.57. The predicted molar refractivity (Wildman–Crippen MR) is 127 cm³/mol. The Morgan fingerprint density at radius 3 is 2.53 bits per heavy atom. The minimum atomic E-state index is -1.39. The molecule has 0 amide bonds. The number of nitrogens with zero attached hydrogens (tertiary/aromatic N) is 1. The molecule has 0 spiro atoms. The van der Waals surface area contributed by atoms with Gasteiger partial charge in [0.1, 0.15) is 5.76 Å². The van der Waals surface area contributed by atoms with Gasteiger partial charge in [-0.05, 0) is 68.4 Å². The van der Waals surface area contributed by atoms with E-state index in [1.54, 1.807) is 7.11 Å². The number of rotatable bonds is 5. The van der Waals surface area contributed by atoms with Gasteiger partial charge in [-0.2, -0.15) is 0 Å². The number of carbonyl (C=O) groups is 2. The highest BCUT2D eigenvalue weighted by molar-refractivity contribution is 5.86. The van der Waals surface area contributed by atoms with Crippen LogP contribution in [0.2, 0.25) is 0 Å². The molecule has 1 aromatic carbocycles. The molecule has 194 valence electrons. The largest absolute Gasteiger partial charge is 0.497 e. The standard InChI is InChI=1S/C27H33NO8/c1-26(2)7-8-27(36-26,13-20(29)31-3)25(30)35-24-21-17-12-19-18(33-14-34-19)11-15(17)5-9-28-10-6-16(22(21)28)23(24)32-4/h11-12,21-22,24H,5-10,13-14H2,1-4H3/t21-,22-,24?,27+/m0/s1. The number of hydrogen-bond acceptors (Lipinski definition) is 9. The van der Waals surface area contributed by atoms with E-state index in [-0.39, 0.29) is 25.2 Å². The summed E-state index contributed by atoms with van der Waals surface area (Å²) in [7, 11) is 2.95. The summed E-state index contributed by atoms with van der Waals surface area (Å²) < 4.78 is 34.7. The molecule has 4 atom stereocenters. The van der Waals surface area contributed by atoms with E-state index < -0.39 is 29.2 Å². The minimum absolute atomic E-state index is 0.0804. The lowest BCUT2D eigenvalue weighted by molar-refractivity contribution is -0.188. The highest BCUT2D eigenvalue weighted by Crippen LogP contribution is 2.53. The van der Waals surface area contributed by atoms with E-state index in [1.807, 2.05) is 19.9 Å². The number of carbonyl (C=O) groups excluding carboxylic acids is 2. The Hall–Kier alpha value is -2.78. The van der Waals surface area contributed by atoms with Crippen molar-refractivity contribution in [3.63, 3.8) is 0 Å². The van der Waals surface area contributed by atoms with Crippen molar-refractivity contribution in [3.8, 4) is 11.5 Å². The van der Waals surface area contributed by atoms with Gasteiger partial charge in [0.15, 0.2) is 23.2 Å². The van der Waals surface area contributed by atoms with E-state index in [2.05, 4.69) is 11.0 Å². The zero-order valence-corrected chi connectivity index (χ0v) is 21.3. The fraction of sp³-hybridized carbons (Fsp3) is 0.630. The lowest BCUT2D eigenvalue weighted by atomic mass is 9.86. The van der Waals surface area contributed by atoms with Crippen LogP contribution in [0, 0.1) is 0 Å². The molecule has 36 heavy (non-hydrogen) atoms. The first-order chi connectivity index (χ1) is 17.2. The fourth-order valence-corrected chi connectivity index (χ4v) is 6.75. The Balaban J connectivity index is 1.39. The lowest BCUT2D eigenvalue weighted by Gasteiger charge is -2.33. The number of fused-ring (bicyclic) bond motifs is 3. The van der Waals surface area contributed by atoms with Crippen LogP contribution in [-0.4, -0.2) is 74.3 Å². The van der Waals surface area contributed by atoms with Crippen LogP contribution in [0.25, 0.3) is 0 Å². The molecule has 9 nitrogen and oxygen atoms in total. The molecule has 5 aliphatic rings. The number of methoxy groups -OCH3 is 2. The van der Waals surface area contributed by atoms with Crippen molar-refractivity contribution in [2.75, 3.05) is 34.1 Å². The Morgan fingerprint density at radius 1 is 1.08 bits per heavy atom. The molecule has 4 aliphatic heterocycles. The van der Waals surface area contributed by atoms with Crippen molar-refractivity contribution in [2.24, 2.45) is 0 Å². The molecular formula is C27H33NO8. The van der Waals surface area contributed by atoms with E-state index in [1.165, 1.54) is 18.2 Å². The summed E-state index contributed by atoms with van der Waals surface area (Å²) in [5.41, 5.74) is 1.50. The second-order valence-electron chi connectivity index (χ2n) is 10.9. The van der Waals surface area contributed by atoms with Gasteiger partial charge in [0.25, 0.3) is 0 Å². The normalized spacial score (nSPS) is 31.6. The topological polar surface area (TPSA) is 92.8 Å². The van der Waals surface area contributed by atoms with Crippen molar-refractivity contribution < 1.29 is 38.0 Å². The maximum Gasteiger partial charge on any atom is 0.339 e. The average Bonchev–Trinajstić information content (AvgIpc) is 3.58. The van der Waals surface area contributed by atoms with Gasteiger partial charge in [-0.25, -0.2) is 4.79 Å². The molecule has 1 aliphatic carbocycles. The summed E-state index contributed by atoms with van der Waals surface area (Å²) in [5.74, 6) is 0.963. The van der Waals surface area contributed by atoms with Gasteiger partial charge in [-0.3, -0.25) is 9.69 Å². The summed E-state index contributed by atoms with van der Waals surface area (Å²) in [6.07, 6.45) is 1.94. The first-order valence-electron chi connectivity index (χ1n) is 12.7. The third-order valence-electron chi connectivity index (χ3n) is 8.41. The molecule has 9 heteroatoms. The van der Waals surface area contributed by atoms with Gasteiger partial charge in [0.2, 0.25) is 6.79 Å². The number of hydrogen-bond donors (Lipinski definition) is 0. The summed E-state index contributed by atoms with van der Waals surface area (Å²) >= 11 is 0. The summed E-state index contributed by atoms with van der Waals surface area (Å²) in [6, 6.07) is 4.18. The van der Waals surface area contributed by atoms with E-state index >= 15 is 0 Å². The van der Waals surface area contributed by atoms with Gasteiger partial charge in [-0.1, -0.05) is 0 Å². The number of esters is 2. The van der Waals surface area contributed by atoms with Gasteiger partial charge >= 0.3 is 11.9 Å². The Morgan fingerprint density at radius 2 is 1.83 bits per heavy atom.